The third kappa shape index (κ3) is 1.42. The summed E-state index contributed by atoms with van der Waals surface area (Å²) >= 11 is 0. The first kappa shape index (κ1) is 7.56. The number of fused-ring (bicyclic) bond motifs is 1. The number of hydrogen-bond acceptors (Lipinski definition) is 2. The molecule has 64 valence electrons. The molecule has 2 nitrogen and oxygen atoms in total. The standard InChI is InChI=1S/C9H17NO/c10-8-5-6-11-9-4-2-1-3-7(8)9/h7-9H,1-6,10H2. The zero-order valence-electron chi connectivity index (χ0n) is 6.96. The lowest BCUT2D eigenvalue weighted by molar-refractivity contribution is -0.0563. The van der Waals surface area contributed by atoms with E-state index in [9.17, 15) is 0 Å². The predicted octanol–water partition coefficient (Wildman–Crippen LogP) is 1.29. The van der Waals surface area contributed by atoms with Gasteiger partial charge < -0.3 is 10.5 Å². The van der Waals surface area contributed by atoms with Crippen molar-refractivity contribution in [1.29, 1.82) is 0 Å². The number of nitrogens with two attached hydrogens (primary N) is 1. The molecular weight excluding hydrogens is 138 g/mol. The van der Waals surface area contributed by atoms with Crippen LogP contribution in [0.25, 0.3) is 0 Å². The summed E-state index contributed by atoms with van der Waals surface area (Å²) in [6, 6.07) is 0.425. The Hall–Kier alpha value is -0.0800. The lowest BCUT2D eigenvalue weighted by Crippen LogP contribution is -2.46. The van der Waals surface area contributed by atoms with Crippen LogP contribution in [-0.2, 0) is 4.74 Å². The van der Waals surface area contributed by atoms with E-state index in [2.05, 4.69) is 0 Å². The van der Waals surface area contributed by atoms with Gasteiger partial charge in [-0.15, -0.1) is 0 Å². The van der Waals surface area contributed by atoms with Crippen molar-refractivity contribution in [3.05, 3.63) is 0 Å². The second kappa shape index (κ2) is 3.11. The van der Waals surface area contributed by atoms with Crippen molar-refractivity contribution in [2.75, 3.05) is 6.61 Å². The van der Waals surface area contributed by atoms with E-state index in [4.69, 9.17) is 10.5 Å². The van der Waals surface area contributed by atoms with Crippen LogP contribution in [0.15, 0.2) is 0 Å². The van der Waals surface area contributed by atoms with Gasteiger partial charge in [0, 0.05) is 18.6 Å². The van der Waals surface area contributed by atoms with Gasteiger partial charge in [-0.1, -0.05) is 12.8 Å². The first-order chi connectivity index (χ1) is 5.38. The molecule has 1 saturated carbocycles. The first-order valence-electron chi connectivity index (χ1n) is 4.75. The molecule has 0 bridgehead atoms. The molecule has 1 heterocycles. The molecule has 2 aliphatic rings. The van der Waals surface area contributed by atoms with Crippen LogP contribution in [0, 0.1) is 5.92 Å². The highest BCUT2D eigenvalue weighted by atomic mass is 16.5. The van der Waals surface area contributed by atoms with Crippen LogP contribution in [0.5, 0.6) is 0 Å². The summed E-state index contributed by atoms with van der Waals surface area (Å²) in [6.45, 7) is 0.891. The van der Waals surface area contributed by atoms with Crippen molar-refractivity contribution in [2.45, 2.75) is 44.2 Å². The summed E-state index contributed by atoms with van der Waals surface area (Å²) in [5.41, 5.74) is 6.01. The normalized spacial score (nSPS) is 45.0. The van der Waals surface area contributed by atoms with Gasteiger partial charge in [0.2, 0.25) is 0 Å². The van der Waals surface area contributed by atoms with Crippen molar-refractivity contribution >= 4 is 0 Å². The molecule has 1 aliphatic heterocycles. The second-order valence-electron chi connectivity index (χ2n) is 3.81. The van der Waals surface area contributed by atoms with Gasteiger partial charge in [0.15, 0.2) is 0 Å². The number of hydrogen-bond donors (Lipinski definition) is 1. The van der Waals surface area contributed by atoms with Crippen LogP contribution in [0.3, 0.4) is 0 Å². The predicted molar refractivity (Wildman–Crippen MR) is 44.3 cm³/mol. The van der Waals surface area contributed by atoms with E-state index in [0.29, 0.717) is 18.1 Å². The molecule has 0 aromatic heterocycles. The molecule has 0 aromatic carbocycles. The van der Waals surface area contributed by atoms with Crippen molar-refractivity contribution < 1.29 is 4.74 Å². The van der Waals surface area contributed by atoms with Crippen LogP contribution < -0.4 is 5.73 Å². The Kier molecular flexibility index (Phi) is 2.14. The highest BCUT2D eigenvalue weighted by Crippen LogP contribution is 2.32. The molecule has 3 atom stereocenters. The maximum atomic E-state index is 6.01. The SMILES string of the molecule is NC1CCOC2CCCCC12. The van der Waals surface area contributed by atoms with Crippen molar-refractivity contribution in [3.8, 4) is 0 Å². The molecule has 0 spiro atoms. The van der Waals surface area contributed by atoms with Crippen LogP contribution >= 0.6 is 0 Å². The van der Waals surface area contributed by atoms with Crippen molar-refractivity contribution in [1.82, 2.24) is 0 Å². The van der Waals surface area contributed by atoms with Gasteiger partial charge in [-0.05, 0) is 19.3 Å². The molecule has 3 unspecified atom stereocenters. The third-order valence-corrected chi connectivity index (χ3v) is 3.09. The van der Waals surface area contributed by atoms with Gasteiger partial charge in [-0.2, -0.15) is 0 Å². The Bertz CT molecular complexity index is 136. The summed E-state index contributed by atoms with van der Waals surface area (Å²) in [5.74, 6) is 0.678. The quantitative estimate of drug-likeness (QED) is 0.572. The zero-order chi connectivity index (χ0) is 7.68. The summed E-state index contributed by atoms with van der Waals surface area (Å²) < 4.78 is 5.67. The van der Waals surface area contributed by atoms with E-state index in [1.807, 2.05) is 0 Å². The van der Waals surface area contributed by atoms with Crippen molar-refractivity contribution in [3.63, 3.8) is 0 Å². The van der Waals surface area contributed by atoms with Gasteiger partial charge in [0.1, 0.15) is 0 Å². The lowest BCUT2D eigenvalue weighted by Gasteiger charge is -2.39. The van der Waals surface area contributed by atoms with Gasteiger partial charge in [-0.25, -0.2) is 0 Å². The average Bonchev–Trinajstić information content (AvgIpc) is 2.06. The molecule has 11 heavy (non-hydrogen) atoms. The lowest BCUT2D eigenvalue weighted by atomic mass is 9.79. The molecule has 1 saturated heterocycles. The van der Waals surface area contributed by atoms with Crippen LogP contribution in [0.2, 0.25) is 0 Å². The maximum absolute atomic E-state index is 6.01. The number of ether oxygens (including phenoxy) is 1. The van der Waals surface area contributed by atoms with E-state index < -0.39 is 0 Å². The Morgan fingerprint density at radius 2 is 1.91 bits per heavy atom. The minimum atomic E-state index is 0.425. The maximum Gasteiger partial charge on any atom is 0.0618 e. The highest BCUT2D eigenvalue weighted by Gasteiger charge is 2.33. The monoisotopic (exact) mass is 155 g/mol. The van der Waals surface area contributed by atoms with Gasteiger partial charge >= 0.3 is 0 Å². The molecular formula is C9H17NO. The third-order valence-electron chi connectivity index (χ3n) is 3.09. The molecule has 2 rings (SSSR count). The van der Waals surface area contributed by atoms with E-state index in [1.54, 1.807) is 0 Å². The van der Waals surface area contributed by atoms with E-state index in [-0.39, 0.29) is 0 Å². The Morgan fingerprint density at radius 1 is 1.09 bits per heavy atom. The summed E-state index contributed by atoms with van der Waals surface area (Å²) in [5, 5.41) is 0. The fourth-order valence-corrected chi connectivity index (χ4v) is 2.39. The Labute approximate surface area is 68.1 Å². The summed E-state index contributed by atoms with van der Waals surface area (Å²) in [6.07, 6.45) is 6.82. The van der Waals surface area contributed by atoms with E-state index in [1.165, 1.54) is 25.7 Å². The van der Waals surface area contributed by atoms with Crippen LogP contribution in [0.4, 0.5) is 0 Å². The summed E-state index contributed by atoms with van der Waals surface area (Å²) in [7, 11) is 0. The first-order valence-corrected chi connectivity index (χ1v) is 4.75. The van der Waals surface area contributed by atoms with Crippen molar-refractivity contribution in [2.24, 2.45) is 11.7 Å². The molecule has 2 fully saturated rings. The molecule has 2 heteroatoms. The topological polar surface area (TPSA) is 35.2 Å². The number of rotatable bonds is 0. The smallest absolute Gasteiger partial charge is 0.0618 e. The molecule has 1 aliphatic carbocycles. The fraction of sp³-hybridized carbons (Fsp3) is 1.00. The van der Waals surface area contributed by atoms with E-state index >= 15 is 0 Å². The van der Waals surface area contributed by atoms with Gasteiger partial charge in [-0.3, -0.25) is 0 Å². The summed E-state index contributed by atoms with van der Waals surface area (Å²) in [4.78, 5) is 0. The molecule has 0 radical (unpaired) electrons. The molecule has 0 amide bonds. The Morgan fingerprint density at radius 3 is 2.73 bits per heavy atom. The fourth-order valence-electron chi connectivity index (χ4n) is 2.39. The molecule has 2 N–H and O–H groups in total. The van der Waals surface area contributed by atoms with Gasteiger partial charge in [0.05, 0.1) is 6.10 Å². The Balaban J connectivity index is 1.99. The minimum absolute atomic E-state index is 0.425. The zero-order valence-corrected chi connectivity index (χ0v) is 6.96. The van der Waals surface area contributed by atoms with Crippen LogP contribution in [0.1, 0.15) is 32.1 Å². The van der Waals surface area contributed by atoms with Crippen LogP contribution in [-0.4, -0.2) is 18.8 Å². The highest BCUT2D eigenvalue weighted by molar-refractivity contribution is 4.86. The largest absolute Gasteiger partial charge is 0.378 e. The van der Waals surface area contributed by atoms with E-state index in [0.717, 1.165) is 13.0 Å². The average molecular weight is 155 g/mol. The molecule has 0 aromatic rings. The van der Waals surface area contributed by atoms with Gasteiger partial charge in [0.25, 0.3) is 0 Å². The minimum Gasteiger partial charge on any atom is -0.378 e. The second-order valence-corrected chi connectivity index (χ2v) is 3.81.